The van der Waals surface area contributed by atoms with Gasteiger partial charge in [0.2, 0.25) is 0 Å². The second kappa shape index (κ2) is 8.70. The number of aliphatic hydroxyl groups is 1. The summed E-state index contributed by atoms with van der Waals surface area (Å²) in [5, 5.41) is 11.2. The van der Waals surface area contributed by atoms with Gasteiger partial charge in [0.15, 0.2) is 0 Å². The maximum atomic E-state index is 10.2. The molecule has 0 saturated carbocycles. The lowest BCUT2D eigenvalue weighted by Crippen LogP contribution is -2.09. The van der Waals surface area contributed by atoms with Crippen LogP contribution < -0.4 is 0 Å². The van der Waals surface area contributed by atoms with Gasteiger partial charge in [-0.2, -0.15) is 0 Å². The number of aromatic nitrogens is 3. The van der Waals surface area contributed by atoms with Crippen LogP contribution in [0.2, 0.25) is 10.0 Å². The van der Waals surface area contributed by atoms with Crippen LogP contribution in [-0.2, 0) is 0 Å². The molecule has 0 aliphatic heterocycles. The molecule has 4 rings (SSSR count). The Morgan fingerprint density at radius 1 is 0.828 bits per heavy atom. The quantitative estimate of drug-likeness (QED) is 0.453. The standard InChI is InChI=1S/C23H17Cl2N3O/c24-17-10-16(11-18(25)12-17)22-20(6-3-8-27-22)23-19(5-2-9-28-23)21(14-29)15-4-1-7-26-13-15/h1-13,21,29H,14H2. The highest BCUT2D eigenvalue weighted by Crippen LogP contribution is 2.37. The highest BCUT2D eigenvalue weighted by molar-refractivity contribution is 6.35. The monoisotopic (exact) mass is 421 g/mol. The number of hydrogen-bond acceptors (Lipinski definition) is 4. The van der Waals surface area contributed by atoms with Crippen LogP contribution in [0, 0.1) is 0 Å². The molecule has 0 amide bonds. The molecule has 6 heteroatoms. The third-order valence-electron chi connectivity index (χ3n) is 4.68. The van der Waals surface area contributed by atoms with E-state index in [2.05, 4.69) is 15.0 Å². The second-order valence-corrected chi connectivity index (χ2v) is 7.39. The van der Waals surface area contributed by atoms with Gasteiger partial charge in [-0.15, -0.1) is 0 Å². The average molecular weight is 422 g/mol. The molecule has 0 fully saturated rings. The average Bonchev–Trinajstić information content (AvgIpc) is 2.75. The Balaban J connectivity index is 1.90. The van der Waals surface area contributed by atoms with Crippen molar-refractivity contribution >= 4 is 23.2 Å². The van der Waals surface area contributed by atoms with Gasteiger partial charge in [0, 0.05) is 51.9 Å². The first-order valence-electron chi connectivity index (χ1n) is 9.05. The Labute approximate surface area is 178 Å². The van der Waals surface area contributed by atoms with E-state index in [9.17, 15) is 5.11 Å². The minimum atomic E-state index is -0.261. The van der Waals surface area contributed by atoms with Crippen molar-refractivity contribution in [3.05, 3.63) is 101 Å². The topological polar surface area (TPSA) is 58.9 Å². The molecule has 1 N–H and O–H groups in total. The van der Waals surface area contributed by atoms with Gasteiger partial charge in [-0.1, -0.05) is 35.3 Å². The van der Waals surface area contributed by atoms with E-state index >= 15 is 0 Å². The lowest BCUT2D eigenvalue weighted by molar-refractivity contribution is 0.280. The molecule has 1 aromatic carbocycles. The highest BCUT2D eigenvalue weighted by Gasteiger charge is 2.21. The van der Waals surface area contributed by atoms with E-state index in [1.54, 1.807) is 30.9 Å². The van der Waals surface area contributed by atoms with E-state index in [1.165, 1.54) is 0 Å². The van der Waals surface area contributed by atoms with Crippen LogP contribution >= 0.6 is 23.2 Å². The number of pyridine rings is 3. The minimum absolute atomic E-state index is 0.0665. The Bertz CT molecular complexity index is 1120. The fourth-order valence-corrected chi connectivity index (χ4v) is 3.93. The summed E-state index contributed by atoms with van der Waals surface area (Å²) >= 11 is 12.4. The third-order valence-corrected chi connectivity index (χ3v) is 5.12. The van der Waals surface area contributed by atoms with Crippen LogP contribution in [0.15, 0.2) is 79.4 Å². The number of benzene rings is 1. The molecule has 0 aliphatic rings. The zero-order valence-electron chi connectivity index (χ0n) is 15.3. The number of halogens is 2. The van der Waals surface area contributed by atoms with Crippen LogP contribution in [-0.4, -0.2) is 26.7 Å². The van der Waals surface area contributed by atoms with E-state index in [1.807, 2.05) is 48.5 Å². The van der Waals surface area contributed by atoms with Crippen molar-refractivity contribution in [2.45, 2.75) is 5.92 Å². The van der Waals surface area contributed by atoms with E-state index in [0.717, 1.165) is 33.6 Å². The predicted molar refractivity (Wildman–Crippen MR) is 116 cm³/mol. The fourth-order valence-electron chi connectivity index (χ4n) is 3.41. The summed E-state index contributed by atoms with van der Waals surface area (Å²) in [7, 11) is 0. The first-order valence-corrected chi connectivity index (χ1v) is 9.80. The second-order valence-electron chi connectivity index (χ2n) is 6.52. The molecule has 0 radical (unpaired) electrons. The lowest BCUT2D eigenvalue weighted by Gasteiger charge is -2.19. The van der Waals surface area contributed by atoms with Crippen molar-refractivity contribution in [3.8, 4) is 22.5 Å². The van der Waals surface area contributed by atoms with Crippen molar-refractivity contribution < 1.29 is 5.11 Å². The predicted octanol–water partition coefficient (Wildman–Crippen LogP) is 5.64. The fraction of sp³-hybridized carbons (Fsp3) is 0.0870. The lowest BCUT2D eigenvalue weighted by atomic mass is 9.89. The number of rotatable bonds is 5. The first kappa shape index (κ1) is 19.5. The molecule has 3 aromatic heterocycles. The highest BCUT2D eigenvalue weighted by atomic mass is 35.5. The molecule has 0 aliphatic carbocycles. The van der Waals surface area contributed by atoms with Gasteiger partial charge in [-0.25, -0.2) is 0 Å². The summed E-state index contributed by atoms with van der Waals surface area (Å²) in [5.74, 6) is -0.261. The Morgan fingerprint density at radius 2 is 1.52 bits per heavy atom. The van der Waals surface area contributed by atoms with Crippen molar-refractivity contribution in [3.63, 3.8) is 0 Å². The number of hydrogen-bond donors (Lipinski definition) is 1. The van der Waals surface area contributed by atoms with Gasteiger partial charge in [0.05, 0.1) is 18.0 Å². The van der Waals surface area contributed by atoms with Crippen molar-refractivity contribution in [2.75, 3.05) is 6.61 Å². The maximum absolute atomic E-state index is 10.2. The van der Waals surface area contributed by atoms with Gasteiger partial charge in [0.1, 0.15) is 0 Å². The molecule has 1 unspecified atom stereocenters. The summed E-state index contributed by atoms with van der Waals surface area (Å²) in [6.07, 6.45) is 6.93. The van der Waals surface area contributed by atoms with Crippen LogP contribution in [0.5, 0.6) is 0 Å². The molecule has 144 valence electrons. The van der Waals surface area contributed by atoms with Crippen LogP contribution in [0.1, 0.15) is 17.0 Å². The van der Waals surface area contributed by atoms with Crippen LogP contribution in [0.25, 0.3) is 22.5 Å². The van der Waals surface area contributed by atoms with Gasteiger partial charge in [-0.3, -0.25) is 15.0 Å². The molecule has 4 aromatic rings. The largest absolute Gasteiger partial charge is 0.395 e. The van der Waals surface area contributed by atoms with E-state index < -0.39 is 0 Å². The van der Waals surface area contributed by atoms with E-state index in [0.29, 0.717) is 10.0 Å². The van der Waals surface area contributed by atoms with Gasteiger partial charge in [0.25, 0.3) is 0 Å². The molecular formula is C23H17Cl2N3O. The van der Waals surface area contributed by atoms with E-state index in [4.69, 9.17) is 23.2 Å². The zero-order valence-corrected chi connectivity index (χ0v) is 16.8. The van der Waals surface area contributed by atoms with Gasteiger partial charge in [-0.05, 0) is 53.6 Å². The SMILES string of the molecule is OCC(c1cccnc1)c1cccnc1-c1cccnc1-c1cc(Cl)cc(Cl)c1. The number of nitrogens with zero attached hydrogens (tertiary/aromatic N) is 3. The minimum Gasteiger partial charge on any atom is -0.395 e. The Kier molecular flexibility index (Phi) is 5.86. The summed E-state index contributed by atoms with van der Waals surface area (Å²) < 4.78 is 0. The van der Waals surface area contributed by atoms with Crippen molar-refractivity contribution in [1.82, 2.24) is 15.0 Å². The molecule has 1 atom stereocenters. The normalized spacial score (nSPS) is 12.0. The van der Waals surface area contributed by atoms with Crippen molar-refractivity contribution in [2.24, 2.45) is 0 Å². The third kappa shape index (κ3) is 4.15. The summed E-state index contributed by atoms with van der Waals surface area (Å²) in [4.78, 5) is 13.4. The smallest absolute Gasteiger partial charge is 0.0797 e. The van der Waals surface area contributed by atoms with Crippen LogP contribution in [0.4, 0.5) is 0 Å². The Hall–Kier alpha value is -2.79. The summed E-state index contributed by atoms with van der Waals surface area (Å²) in [6, 6.07) is 16.8. The summed E-state index contributed by atoms with van der Waals surface area (Å²) in [5.41, 5.74) is 4.92. The summed E-state index contributed by atoms with van der Waals surface area (Å²) in [6.45, 7) is -0.0665. The maximum Gasteiger partial charge on any atom is 0.0797 e. The molecule has 4 nitrogen and oxygen atoms in total. The zero-order chi connectivity index (χ0) is 20.2. The van der Waals surface area contributed by atoms with Gasteiger partial charge >= 0.3 is 0 Å². The number of aliphatic hydroxyl groups excluding tert-OH is 1. The molecule has 3 heterocycles. The molecular weight excluding hydrogens is 405 g/mol. The first-order chi connectivity index (χ1) is 14.2. The Morgan fingerprint density at radius 3 is 2.21 bits per heavy atom. The van der Waals surface area contributed by atoms with Gasteiger partial charge < -0.3 is 5.11 Å². The molecule has 0 spiro atoms. The molecule has 0 saturated heterocycles. The van der Waals surface area contributed by atoms with Crippen LogP contribution in [0.3, 0.4) is 0 Å². The van der Waals surface area contributed by atoms with Crippen molar-refractivity contribution in [1.29, 1.82) is 0 Å². The molecule has 29 heavy (non-hydrogen) atoms. The van der Waals surface area contributed by atoms with E-state index in [-0.39, 0.29) is 12.5 Å². The molecule has 0 bridgehead atoms.